The first kappa shape index (κ1) is 21.2. The first-order valence-corrected chi connectivity index (χ1v) is 8.68. The van der Waals surface area contributed by atoms with Crippen molar-refractivity contribution in [2.75, 3.05) is 20.1 Å². The lowest BCUT2D eigenvalue weighted by molar-refractivity contribution is 0.378. The molecule has 0 aliphatic rings. The lowest BCUT2D eigenvalue weighted by atomic mass is 10.2. The zero-order valence-electron chi connectivity index (χ0n) is 14.8. The number of aliphatic imine (C=N–C) groups is 1. The predicted octanol–water partition coefficient (Wildman–Crippen LogP) is 3.55. The van der Waals surface area contributed by atoms with Crippen molar-refractivity contribution in [2.24, 2.45) is 4.99 Å². The molecule has 3 aromatic rings. The van der Waals surface area contributed by atoms with Gasteiger partial charge in [-0.3, -0.25) is 4.99 Å². The lowest BCUT2D eigenvalue weighted by Crippen LogP contribution is -2.39. The van der Waals surface area contributed by atoms with Gasteiger partial charge in [0, 0.05) is 43.6 Å². The number of hydrogen-bond acceptors (Lipinski definition) is 5. The zero-order valence-corrected chi connectivity index (χ0v) is 17.9. The highest BCUT2D eigenvalue weighted by Crippen LogP contribution is 2.18. The fourth-order valence-corrected chi connectivity index (χ4v) is 2.47. The Balaban J connectivity index is 0.00000261. The van der Waals surface area contributed by atoms with E-state index in [4.69, 9.17) is 20.5 Å². The van der Waals surface area contributed by atoms with Gasteiger partial charge in [0.25, 0.3) is 0 Å². The molecule has 0 saturated carbocycles. The highest BCUT2D eigenvalue weighted by atomic mass is 127. The molecule has 7 nitrogen and oxygen atoms in total. The highest BCUT2D eigenvalue weighted by molar-refractivity contribution is 14.0. The van der Waals surface area contributed by atoms with Gasteiger partial charge in [0.05, 0.1) is 6.26 Å². The molecule has 0 fully saturated rings. The molecule has 0 aliphatic carbocycles. The molecule has 2 heterocycles. The Hall–Kier alpha value is -2.07. The van der Waals surface area contributed by atoms with Crippen LogP contribution in [0.4, 0.5) is 0 Å². The van der Waals surface area contributed by atoms with Crippen LogP contribution in [0.5, 0.6) is 0 Å². The molecule has 3 rings (SSSR count). The number of aromatic nitrogens is 2. The Bertz CT molecular complexity index is 834. The van der Waals surface area contributed by atoms with Crippen LogP contribution in [0, 0.1) is 0 Å². The molecular weight excluding hydrogens is 481 g/mol. The molecule has 2 aromatic heterocycles. The quantitative estimate of drug-likeness (QED) is 0.292. The average molecular weight is 502 g/mol. The molecular formula is C18H21ClIN5O2. The number of furan rings is 1. The molecule has 0 saturated heterocycles. The van der Waals surface area contributed by atoms with Crippen LogP contribution in [-0.4, -0.2) is 36.2 Å². The molecule has 0 radical (unpaired) electrons. The van der Waals surface area contributed by atoms with Crippen LogP contribution in [0.2, 0.25) is 5.02 Å². The summed E-state index contributed by atoms with van der Waals surface area (Å²) in [6, 6.07) is 11.1. The monoisotopic (exact) mass is 501 g/mol. The van der Waals surface area contributed by atoms with Crippen molar-refractivity contribution in [3.8, 4) is 11.4 Å². The van der Waals surface area contributed by atoms with Gasteiger partial charge >= 0.3 is 0 Å². The van der Waals surface area contributed by atoms with Gasteiger partial charge in [-0.15, -0.1) is 24.0 Å². The van der Waals surface area contributed by atoms with Crippen LogP contribution in [0.25, 0.3) is 11.4 Å². The third kappa shape index (κ3) is 6.55. The van der Waals surface area contributed by atoms with Crippen molar-refractivity contribution in [1.82, 2.24) is 20.8 Å². The van der Waals surface area contributed by atoms with Gasteiger partial charge in [0.15, 0.2) is 5.96 Å². The van der Waals surface area contributed by atoms with Crippen LogP contribution in [0.15, 0.2) is 56.6 Å². The Labute approximate surface area is 179 Å². The van der Waals surface area contributed by atoms with Crippen LogP contribution in [0.1, 0.15) is 11.7 Å². The fourth-order valence-electron chi connectivity index (χ4n) is 2.34. The second-order valence-corrected chi connectivity index (χ2v) is 5.96. The smallest absolute Gasteiger partial charge is 0.228 e. The third-order valence-corrected chi connectivity index (χ3v) is 3.92. The summed E-state index contributed by atoms with van der Waals surface area (Å²) in [7, 11) is 1.73. The van der Waals surface area contributed by atoms with Crippen molar-refractivity contribution in [3.05, 3.63) is 59.3 Å². The van der Waals surface area contributed by atoms with Crippen LogP contribution >= 0.6 is 35.6 Å². The van der Waals surface area contributed by atoms with Crippen LogP contribution in [0.3, 0.4) is 0 Å². The van der Waals surface area contributed by atoms with Gasteiger partial charge in [-0.2, -0.15) is 4.98 Å². The van der Waals surface area contributed by atoms with E-state index in [1.807, 2.05) is 24.3 Å². The third-order valence-electron chi connectivity index (χ3n) is 3.67. The number of guanidine groups is 1. The Morgan fingerprint density at radius 1 is 1.11 bits per heavy atom. The standard InChI is InChI=1S/C18H20ClN5O2.HI/c1-20-18(21-10-8-15-3-2-12-25-15)22-11-9-16-23-17(24-26-16)13-4-6-14(19)7-5-13;/h2-7,12H,8-11H2,1H3,(H2,20,21,22);1H. The largest absolute Gasteiger partial charge is 0.469 e. The fraction of sp³-hybridized carbons (Fsp3) is 0.278. The van der Waals surface area contributed by atoms with E-state index in [9.17, 15) is 0 Å². The summed E-state index contributed by atoms with van der Waals surface area (Å²) < 4.78 is 10.6. The predicted molar refractivity (Wildman–Crippen MR) is 116 cm³/mol. The summed E-state index contributed by atoms with van der Waals surface area (Å²) in [6.45, 7) is 1.36. The van der Waals surface area contributed by atoms with Gasteiger partial charge in [-0.1, -0.05) is 16.8 Å². The number of rotatable bonds is 7. The molecule has 9 heteroatoms. The van der Waals surface area contributed by atoms with Gasteiger partial charge in [-0.05, 0) is 36.4 Å². The van der Waals surface area contributed by atoms with Crippen molar-refractivity contribution in [3.63, 3.8) is 0 Å². The molecule has 0 amide bonds. The normalized spacial score (nSPS) is 11.1. The first-order chi connectivity index (χ1) is 12.7. The van der Waals surface area contributed by atoms with E-state index >= 15 is 0 Å². The summed E-state index contributed by atoms with van der Waals surface area (Å²) in [5.74, 6) is 2.77. The van der Waals surface area contributed by atoms with Crippen LogP contribution in [-0.2, 0) is 12.8 Å². The van der Waals surface area contributed by atoms with E-state index in [1.54, 1.807) is 25.4 Å². The van der Waals surface area contributed by atoms with E-state index in [2.05, 4.69) is 25.8 Å². The van der Waals surface area contributed by atoms with Gasteiger partial charge in [0.1, 0.15) is 5.76 Å². The minimum Gasteiger partial charge on any atom is -0.469 e. The van der Waals surface area contributed by atoms with Crippen molar-refractivity contribution >= 4 is 41.5 Å². The molecule has 0 atom stereocenters. The maximum atomic E-state index is 5.89. The van der Waals surface area contributed by atoms with Crippen molar-refractivity contribution in [1.29, 1.82) is 0 Å². The molecule has 0 unspecified atom stereocenters. The number of nitrogens with zero attached hydrogens (tertiary/aromatic N) is 3. The van der Waals surface area contributed by atoms with Gasteiger partial charge in [0.2, 0.25) is 11.7 Å². The number of benzene rings is 1. The molecule has 2 N–H and O–H groups in total. The average Bonchev–Trinajstić information content (AvgIpc) is 3.33. The topological polar surface area (TPSA) is 88.5 Å². The summed E-state index contributed by atoms with van der Waals surface area (Å²) >= 11 is 5.89. The van der Waals surface area contributed by atoms with Crippen molar-refractivity contribution < 1.29 is 8.94 Å². The first-order valence-electron chi connectivity index (χ1n) is 8.30. The second kappa shape index (κ2) is 10.9. The Morgan fingerprint density at radius 3 is 2.52 bits per heavy atom. The molecule has 1 aromatic carbocycles. The van der Waals surface area contributed by atoms with Gasteiger partial charge in [-0.25, -0.2) is 0 Å². The molecule has 0 aliphatic heterocycles. The second-order valence-electron chi connectivity index (χ2n) is 5.52. The number of halogens is 2. The summed E-state index contributed by atoms with van der Waals surface area (Å²) in [4.78, 5) is 8.58. The van der Waals surface area contributed by atoms with E-state index in [-0.39, 0.29) is 24.0 Å². The van der Waals surface area contributed by atoms with Crippen LogP contribution < -0.4 is 10.6 Å². The Kier molecular flexibility index (Phi) is 8.59. The SMILES string of the molecule is CN=C(NCCc1ccco1)NCCc1nc(-c2ccc(Cl)cc2)no1.I. The maximum Gasteiger partial charge on any atom is 0.228 e. The summed E-state index contributed by atoms with van der Waals surface area (Å²) in [5, 5.41) is 11.1. The van der Waals surface area contributed by atoms with E-state index in [0.717, 1.165) is 24.3 Å². The maximum absolute atomic E-state index is 5.89. The van der Waals surface area contributed by atoms with E-state index in [1.165, 1.54) is 0 Å². The van der Waals surface area contributed by atoms with E-state index < -0.39 is 0 Å². The molecule has 0 bridgehead atoms. The highest BCUT2D eigenvalue weighted by Gasteiger charge is 2.08. The molecule has 27 heavy (non-hydrogen) atoms. The summed E-state index contributed by atoms with van der Waals surface area (Å²) in [6.07, 6.45) is 3.06. The summed E-state index contributed by atoms with van der Waals surface area (Å²) in [5.41, 5.74) is 0.868. The minimum absolute atomic E-state index is 0. The number of nitrogens with one attached hydrogen (secondary N) is 2. The Morgan fingerprint density at radius 2 is 1.85 bits per heavy atom. The van der Waals surface area contributed by atoms with Gasteiger partial charge < -0.3 is 19.6 Å². The number of hydrogen-bond donors (Lipinski definition) is 2. The molecule has 0 spiro atoms. The molecule has 144 valence electrons. The van der Waals surface area contributed by atoms with Crippen molar-refractivity contribution in [2.45, 2.75) is 12.8 Å². The minimum atomic E-state index is 0. The zero-order chi connectivity index (χ0) is 18.2. The lowest BCUT2D eigenvalue weighted by Gasteiger charge is -2.10. The van der Waals surface area contributed by atoms with E-state index in [0.29, 0.717) is 35.7 Å².